The van der Waals surface area contributed by atoms with Gasteiger partial charge in [-0.2, -0.15) is 4.39 Å². The minimum absolute atomic E-state index is 0.300. The van der Waals surface area contributed by atoms with Crippen LogP contribution in [-0.4, -0.2) is 24.5 Å². The number of nitro groups is 1. The van der Waals surface area contributed by atoms with Crippen LogP contribution in [0.15, 0.2) is 49.1 Å². The molecule has 1 aliphatic rings. The van der Waals surface area contributed by atoms with Gasteiger partial charge in [0, 0.05) is 11.6 Å². The Balaban J connectivity index is 1.82. The highest BCUT2D eigenvalue weighted by Gasteiger charge is 2.46. The molecule has 146 valence electrons. The highest BCUT2D eigenvalue weighted by molar-refractivity contribution is 5.95. The summed E-state index contributed by atoms with van der Waals surface area (Å²) in [6.07, 6.45) is 2.82. The summed E-state index contributed by atoms with van der Waals surface area (Å²) in [5.74, 6) is -0.389. The average Bonchev–Trinajstić information content (AvgIpc) is 3.46. The largest absolute Gasteiger partial charge is 0.493 e. The molecule has 0 radical (unpaired) electrons. The summed E-state index contributed by atoms with van der Waals surface area (Å²) in [7, 11) is 1.47. The number of benzene rings is 2. The van der Waals surface area contributed by atoms with Crippen LogP contribution < -0.4 is 14.8 Å². The van der Waals surface area contributed by atoms with Gasteiger partial charge < -0.3 is 14.8 Å². The quantitative estimate of drug-likeness (QED) is 0.424. The fraction of sp³-hybridized carbons (Fsp3) is 0.250. The van der Waals surface area contributed by atoms with Crippen molar-refractivity contribution in [3.63, 3.8) is 0 Å². The summed E-state index contributed by atoms with van der Waals surface area (Å²) in [6, 6.07) is 8.46. The minimum atomic E-state index is -0.907. The number of carbonyl (C=O) groups excluding carboxylic acids is 1. The van der Waals surface area contributed by atoms with Crippen LogP contribution in [0, 0.1) is 15.9 Å². The molecule has 0 atom stereocenters. The predicted octanol–water partition coefficient (Wildman–Crippen LogP) is 3.73. The van der Waals surface area contributed by atoms with E-state index in [1.165, 1.54) is 19.2 Å². The minimum Gasteiger partial charge on any atom is -0.493 e. The molecule has 7 nitrogen and oxygen atoms in total. The van der Waals surface area contributed by atoms with Gasteiger partial charge in [-0.25, -0.2) is 0 Å². The van der Waals surface area contributed by atoms with Gasteiger partial charge >= 0.3 is 5.69 Å². The lowest BCUT2D eigenvalue weighted by Crippen LogP contribution is -2.34. The summed E-state index contributed by atoms with van der Waals surface area (Å²) in [4.78, 5) is 22.9. The van der Waals surface area contributed by atoms with Crippen LogP contribution in [0.1, 0.15) is 28.8 Å². The fourth-order valence-corrected chi connectivity index (χ4v) is 2.93. The zero-order valence-electron chi connectivity index (χ0n) is 15.2. The number of nitrogens with one attached hydrogen (secondary N) is 1. The van der Waals surface area contributed by atoms with E-state index < -0.39 is 22.0 Å². The number of carbonyl (C=O) groups is 1. The lowest BCUT2D eigenvalue weighted by Gasteiger charge is -2.19. The molecule has 0 unspecified atom stereocenters. The second-order valence-electron chi connectivity index (χ2n) is 6.42. The van der Waals surface area contributed by atoms with Gasteiger partial charge in [0.05, 0.1) is 17.6 Å². The van der Waals surface area contributed by atoms with E-state index in [-0.39, 0.29) is 5.91 Å². The maximum atomic E-state index is 13.6. The number of halogens is 1. The molecule has 0 spiro atoms. The molecule has 1 fully saturated rings. The standard InChI is InChI=1S/C20H19FN2O5/c1-3-10-28-17-7-4-13(11-18(17)27-2)19(24)22-20(8-9-20)14-5-6-15(21)16(12-14)23(25)26/h3-7,11-12H,1,8-10H2,2H3,(H,22,24). The Labute approximate surface area is 160 Å². The Bertz CT molecular complexity index is 940. The van der Waals surface area contributed by atoms with Gasteiger partial charge in [0.1, 0.15) is 6.61 Å². The highest BCUT2D eigenvalue weighted by Crippen LogP contribution is 2.46. The third-order valence-electron chi connectivity index (χ3n) is 4.58. The Hall–Kier alpha value is -3.42. The summed E-state index contributed by atoms with van der Waals surface area (Å²) >= 11 is 0. The van der Waals surface area contributed by atoms with Crippen LogP contribution in [0.4, 0.5) is 10.1 Å². The van der Waals surface area contributed by atoms with Crippen molar-refractivity contribution in [2.24, 2.45) is 0 Å². The van der Waals surface area contributed by atoms with Gasteiger partial charge in [-0.3, -0.25) is 14.9 Å². The first-order valence-electron chi connectivity index (χ1n) is 8.59. The van der Waals surface area contributed by atoms with Crippen molar-refractivity contribution in [2.75, 3.05) is 13.7 Å². The molecular formula is C20H19FN2O5. The number of hydrogen-bond acceptors (Lipinski definition) is 5. The lowest BCUT2D eigenvalue weighted by atomic mass is 10.0. The molecule has 0 bridgehead atoms. The molecule has 0 aromatic heterocycles. The summed E-state index contributed by atoms with van der Waals surface area (Å²) in [5, 5.41) is 13.9. The molecule has 3 rings (SSSR count). The maximum absolute atomic E-state index is 13.6. The van der Waals surface area contributed by atoms with Crippen LogP contribution in [0.25, 0.3) is 0 Å². The average molecular weight is 386 g/mol. The molecule has 8 heteroatoms. The molecule has 0 aliphatic heterocycles. The van der Waals surface area contributed by atoms with Crippen molar-refractivity contribution in [3.05, 3.63) is 76.1 Å². The predicted molar refractivity (Wildman–Crippen MR) is 100 cm³/mol. The van der Waals surface area contributed by atoms with E-state index in [1.54, 1.807) is 24.3 Å². The SMILES string of the molecule is C=CCOc1ccc(C(=O)NC2(c3ccc(F)c([N+](=O)[O-])c3)CC2)cc1OC. The molecule has 1 amide bonds. The van der Waals surface area contributed by atoms with Crippen molar-refractivity contribution in [1.82, 2.24) is 5.32 Å². The van der Waals surface area contributed by atoms with Crippen molar-refractivity contribution in [3.8, 4) is 11.5 Å². The van der Waals surface area contributed by atoms with Gasteiger partial charge in [-0.05, 0) is 42.7 Å². The number of nitrogens with zero attached hydrogens (tertiary/aromatic N) is 1. The second-order valence-corrected chi connectivity index (χ2v) is 6.42. The molecule has 2 aromatic carbocycles. The second kappa shape index (κ2) is 7.67. The monoisotopic (exact) mass is 386 g/mol. The number of hydrogen-bond donors (Lipinski definition) is 1. The molecule has 2 aromatic rings. The third kappa shape index (κ3) is 3.80. The first-order valence-corrected chi connectivity index (χ1v) is 8.59. The third-order valence-corrected chi connectivity index (χ3v) is 4.58. The van der Waals surface area contributed by atoms with E-state index in [4.69, 9.17) is 9.47 Å². The van der Waals surface area contributed by atoms with Crippen molar-refractivity contribution >= 4 is 11.6 Å². The molecule has 0 heterocycles. The summed E-state index contributed by atoms with van der Waals surface area (Å²) in [6.45, 7) is 3.88. The Morgan fingerprint density at radius 2 is 2.07 bits per heavy atom. The Morgan fingerprint density at radius 3 is 2.68 bits per heavy atom. The number of ether oxygens (including phenoxy) is 2. The van der Waals surface area contributed by atoms with E-state index in [2.05, 4.69) is 11.9 Å². The van der Waals surface area contributed by atoms with Crippen molar-refractivity contribution in [1.29, 1.82) is 0 Å². The molecule has 1 N–H and O–H groups in total. The zero-order valence-corrected chi connectivity index (χ0v) is 15.2. The molecule has 28 heavy (non-hydrogen) atoms. The van der Waals surface area contributed by atoms with E-state index in [0.29, 0.717) is 42.1 Å². The van der Waals surface area contributed by atoms with Gasteiger partial charge in [-0.1, -0.05) is 18.7 Å². The topological polar surface area (TPSA) is 90.7 Å². The first-order chi connectivity index (χ1) is 13.4. The first kappa shape index (κ1) is 19.3. The van der Waals surface area contributed by atoms with Gasteiger partial charge in [0.15, 0.2) is 11.5 Å². The van der Waals surface area contributed by atoms with Crippen LogP contribution in [0.5, 0.6) is 11.5 Å². The Kier molecular flexibility index (Phi) is 5.30. The number of rotatable bonds is 8. The van der Waals surface area contributed by atoms with Gasteiger partial charge in [0.25, 0.3) is 5.91 Å². The van der Waals surface area contributed by atoms with Gasteiger partial charge in [-0.15, -0.1) is 0 Å². The molecular weight excluding hydrogens is 367 g/mol. The van der Waals surface area contributed by atoms with E-state index in [9.17, 15) is 19.3 Å². The smallest absolute Gasteiger partial charge is 0.305 e. The van der Waals surface area contributed by atoms with Crippen LogP contribution in [0.3, 0.4) is 0 Å². The van der Waals surface area contributed by atoms with Crippen LogP contribution in [0.2, 0.25) is 0 Å². The van der Waals surface area contributed by atoms with Gasteiger partial charge in [0.2, 0.25) is 5.82 Å². The number of methoxy groups -OCH3 is 1. The van der Waals surface area contributed by atoms with E-state index in [1.807, 2.05) is 0 Å². The lowest BCUT2D eigenvalue weighted by molar-refractivity contribution is -0.387. The van der Waals surface area contributed by atoms with E-state index >= 15 is 0 Å². The molecule has 1 saturated carbocycles. The zero-order chi connectivity index (χ0) is 20.3. The highest BCUT2D eigenvalue weighted by atomic mass is 19.1. The number of nitro benzene ring substituents is 1. The van der Waals surface area contributed by atoms with Crippen LogP contribution in [-0.2, 0) is 5.54 Å². The van der Waals surface area contributed by atoms with Crippen LogP contribution >= 0.6 is 0 Å². The fourth-order valence-electron chi connectivity index (χ4n) is 2.93. The normalized spacial score (nSPS) is 14.1. The summed E-state index contributed by atoms with van der Waals surface area (Å²) in [5.41, 5.74) is -0.484. The Morgan fingerprint density at radius 1 is 1.32 bits per heavy atom. The van der Waals surface area contributed by atoms with E-state index in [0.717, 1.165) is 6.07 Å². The molecule has 0 saturated heterocycles. The molecule has 1 aliphatic carbocycles. The summed E-state index contributed by atoms with van der Waals surface area (Å²) < 4.78 is 24.3. The van der Waals surface area contributed by atoms with Crippen molar-refractivity contribution < 1.29 is 23.6 Å². The number of amides is 1. The van der Waals surface area contributed by atoms with Crippen molar-refractivity contribution in [2.45, 2.75) is 18.4 Å². The maximum Gasteiger partial charge on any atom is 0.305 e.